The van der Waals surface area contributed by atoms with Gasteiger partial charge in [0.15, 0.2) is 0 Å². The van der Waals surface area contributed by atoms with Gasteiger partial charge in [-0.05, 0) is 37.5 Å². The lowest BCUT2D eigenvalue weighted by atomic mass is 10.1. The molecule has 1 aromatic rings. The van der Waals surface area contributed by atoms with Gasteiger partial charge in [0, 0.05) is 17.4 Å². The summed E-state index contributed by atoms with van der Waals surface area (Å²) in [7, 11) is -3.52. The molecule has 4 nitrogen and oxygen atoms in total. The fraction of sp³-hybridized carbons (Fsp3) is 0.571. The number of hydrogen-bond acceptors (Lipinski definition) is 2. The first kappa shape index (κ1) is 17.2. The van der Waals surface area contributed by atoms with Crippen molar-refractivity contribution in [1.82, 2.24) is 4.72 Å². The molecule has 0 radical (unpaired) electrons. The van der Waals surface area contributed by atoms with Crippen LogP contribution in [-0.2, 0) is 10.0 Å². The Hall–Kier alpha value is -0.140. The molecule has 7 heteroatoms. The van der Waals surface area contributed by atoms with Crippen LogP contribution in [0.25, 0.3) is 0 Å². The Morgan fingerprint density at radius 2 is 1.95 bits per heavy atom. The zero-order valence-corrected chi connectivity index (χ0v) is 15.0. The van der Waals surface area contributed by atoms with Gasteiger partial charge in [-0.1, -0.05) is 27.5 Å². The van der Waals surface area contributed by atoms with Crippen molar-refractivity contribution in [3.05, 3.63) is 27.7 Å². The molecule has 21 heavy (non-hydrogen) atoms. The van der Waals surface area contributed by atoms with E-state index in [1.807, 2.05) is 0 Å². The molecule has 1 fully saturated rings. The van der Waals surface area contributed by atoms with Crippen molar-refractivity contribution in [2.75, 3.05) is 26.2 Å². The van der Waals surface area contributed by atoms with E-state index >= 15 is 0 Å². The van der Waals surface area contributed by atoms with Crippen LogP contribution in [0, 0.1) is 0 Å². The van der Waals surface area contributed by atoms with Crippen LogP contribution in [0.15, 0.2) is 27.6 Å². The normalized spacial score (nSPS) is 17.0. The Bertz CT molecular complexity index is 574. The van der Waals surface area contributed by atoms with E-state index in [0.717, 1.165) is 17.4 Å². The Morgan fingerprint density at radius 3 is 2.62 bits per heavy atom. The lowest BCUT2D eigenvalue weighted by Crippen LogP contribution is -3.12. The molecular formula is C14H21BrClN2O2S+. The maximum atomic E-state index is 12.2. The topological polar surface area (TPSA) is 50.6 Å². The maximum Gasteiger partial charge on any atom is 0.242 e. The third-order valence-electron chi connectivity index (χ3n) is 3.74. The summed E-state index contributed by atoms with van der Waals surface area (Å²) in [6.07, 6.45) is 4.76. The van der Waals surface area contributed by atoms with Crippen LogP contribution in [0.2, 0.25) is 5.02 Å². The van der Waals surface area contributed by atoms with E-state index in [9.17, 15) is 8.42 Å². The average Bonchev–Trinajstić information content (AvgIpc) is 2.44. The second-order valence-corrected chi connectivity index (χ2v) is 8.44. The van der Waals surface area contributed by atoms with E-state index in [1.54, 1.807) is 17.0 Å². The van der Waals surface area contributed by atoms with E-state index in [2.05, 4.69) is 20.7 Å². The van der Waals surface area contributed by atoms with E-state index in [1.165, 1.54) is 38.4 Å². The molecule has 1 saturated heterocycles. The Balaban J connectivity index is 1.83. The second-order valence-electron chi connectivity index (χ2n) is 5.39. The molecule has 0 amide bonds. The molecule has 0 saturated carbocycles. The predicted octanol–water partition coefficient (Wildman–Crippen LogP) is 1.84. The summed E-state index contributed by atoms with van der Waals surface area (Å²) in [4.78, 5) is 1.72. The SMILES string of the molecule is O=S(=O)(NCCC[NH+]1CCCCC1)c1ccc(Br)cc1Cl. The molecule has 0 spiro atoms. The molecule has 118 valence electrons. The molecule has 0 aliphatic carbocycles. The molecule has 1 aliphatic rings. The van der Waals surface area contributed by atoms with Crippen LogP contribution >= 0.6 is 27.5 Å². The van der Waals surface area contributed by atoms with Crippen molar-refractivity contribution in [3.8, 4) is 0 Å². The highest BCUT2D eigenvalue weighted by Gasteiger charge is 2.18. The van der Waals surface area contributed by atoms with Gasteiger partial charge in [0.2, 0.25) is 10.0 Å². The molecule has 0 unspecified atom stereocenters. The smallest absolute Gasteiger partial charge is 0.242 e. The quantitative estimate of drug-likeness (QED) is 0.721. The molecule has 1 aromatic carbocycles. The van der Waals surface area contributed by atoms with Gasteiger partial charge >= 0.3 is 0 Å². The van der Waals surface area contributed by atoms with Crippen molar-refractivity contribution < 1.29 is 13.3 Å². The fourth-order valence-corrected chi connectivity index (χ4v) is 4.73. The standard InChI is InChI=1S/C14H20BrClN2O2S/c15-12-5-6-14(13(16)11-12)21(19,20)17-7-4-10-18-8-2-1-3-9-18/h5-6,11,17H,1-4,7-10H2/p+1. The summed E-state index contributed by atoms with van der Waals surface area (Å²) < 4.78 is 27.8. The minimum Gasteiger partial charge on any atom is -0.335 e. The first-order chi connectivity index (χ1) is 9.99. The molecule has 2 rings (SSSR count). The summed E-state index contributed by atoms with van der Waals surface area (Å²) in [5.74, 6) is 0. The van der Waals surface area contributed by atoms with Gasteiger partial charge in [-0.25, -0.2) is 13.1 Å². The summed E-state index contributed by atoms with van der Waals surface area (Å²) >= 11 is 9.26. The maximum absolute atomic E-state index is 12.2. The van der Waals surface area contributed by atoms with E-state index in [-0.39, 0.29) is 9.92 Å². The third kappa shape index (κ3) is 5.21. The number of quaternary nitrogens is 1. The molecule has 1 heterocycles. The lowest BCUT2D eigenvalue weighted by molar-refractivity contribution is -0.904. The number of likely N-dealkylation sites (tertiary alicyclic amines) is 1. The Labute approximate surface area is 140 Å². The predicted molar refractivity (Wildman–Crippen MR) is 88.4 cm³/mol. The highest BCUT2D eigenvalue weighted by molar-refractivity contribution is 9.10. The Morgan fingerprint density at radius 1 is 1.24 bits per heavy atom. The van der Waals surface area contributed by atoms with E-state index in [4.69, 9.17) is 11.6 Å². The fourth-order valence-electron chi connectivity index (χ4n) is 2.62. The molecule has 0 aromatic heterocycles. The summed E-state index contributed by atoms with van der Waals surface area (Å²) in [6.45, 7) is 3.91. The van der Waals surface area contributed by atoms with E-state index in [0.29, 0.717) is 6.54 Å². The van der Waals surface area contributed by atoms with E-state index < -0.39 is 10.0 Å². The summed E-state index contributed by atoms with van der Waals surface area (Å²) in [6, 6.07) is 4.79. The van der Waals surface area contributed by atoms with Crippen LogP contribution in [0.3, 0.4) is 0 Å². The molecule has 0 atom stereocenters. The summed E-state index contributed by atoms with van der Waals surface area (Å²) in [5, 5.41) is 0.235. The van der Waals surface area contributed by atoms with Gasteiger partial charge in [0.1, 0.15) is 4.90 Å². The van der Waals surface area contributed by atoms with Gasteiger partial charge in [-0.15, -0.1) is 0 Å². The van der Waals surface area contributed by atoms with Crippen LogP contribution < -0.4 is 9.62 Å². The average molecular weight is 397 g/mol. The molecule has 2 N–H and O–H groups in total. The zero-order valence-electron chi connectivity index (χ0n) is 11.9. The molecule has 0 bridgehead atoms. The van der Waals surface area contributed by atoms with Crippen molar-refractivity contribution in [2.45, 2.75) is 30.6 Å². The van der Waals surface area contributed by atoms with Crippen LogP contribution in [0.1, 0.15) is 25.7 Å². The first-order valence-corrected chi connectivity index (χ1v) is 9.93. The van der Waals surface area contributed by atoms with Crippen molar-refractivity contribution in [1.29, 1.82) is 0 Å². The number of halogens is 2. The number of hydrogen-bond donors (Lipinski definition) is 2. The minimum absolute atomic E-state index is 0.137. The van der Waals surface area contributed by atoms with Crippen LogP contribution in [-0.4, -0.2) is 34.6 Å². The molecular weight excluding hydrogens is 376 g/mol. The largest absolute Gasteiger partial charge is 0.335 e. The number of nitrogens with one attached hydrogen (secondary N) is 2. The second kappa shape index (κ2) is 7.92. The monoisotopic (exact) mass is 395 g/mol. The minimum atomic E-state index is -3.52. The highest BCUT2D eigenvalue weighted by atomic mass is 79.9. The number of benzene rings is 1. The lowest BCUT2D eigenvalue weighted by Gasteiger charge is -2.23. The van der Waals surface area contributed by atoms with Gasteiger partial charge in [-0.3, -0.25) is 0 Å². The van der Waals surface area contributed by atoms with Gasteiger partial charge in [-0.2, -0.15) is 0 Å². The van der Waals surface area contributed by atoms with Crippen molar-refractivity contribution >= 4 is 37.6 Å². The first-order valence-electron chi connectivity index (χ1n) is 7.27. The van der Waals surface area contributed by atoms with Crippen molar-refractivity contribution in [3.63, 3.8) is 0 Å². The van der Waals surface area contributed by atoms with Gasteiger partial charge < -0.3 is 4.90 Å². The van der Waals surface area contributed by atoms with Gasteiger partial charge in [0.25, 0.3) is 0 Å². The summed E-state index contributed by atoms with van der Waals surface area (Å²) in [5.41, 5.74) is 0. The number of piperidine rings is 1. The Kier molecular flexibility index (Phi) is 6.50. The van der Waals surface area contributed by atoms with Crippen LogP contribution in [0.4, 0.5) is 0 Å². The number of sulfonamides is 1. The molecule has 1 aliphatic heterocycles. The van der Waals surface area contributed by atoms with Crippen LogP contribution in [0.5, 0.6) is 0 Å². The van der Waals surface area contributed by atoms with Gasteiger partial charge in [0.05, 0.1) is 24.7 Å². The number of rotatable bonds is 6. The van der Waals surface area contributed by atoms with Crippen molar-refractivity contribution in [2.24, 2.45) is 0 Å². The highest BCUT2D eigenvalue weighted by Crippen LogP contribution is 2.24. The zero-order chi connectivity index (χ0) is 15.3. The third-order valence-corrected chi connectivity index (χ3v) is 6.18.